The number of rotatable bonds is 9. The van der Waals surface area contributed by atoms with E-state index in [0.717, 1.165) is 14.8 Å². The van der Waals surface area contributed by atoms with Crippen LogP contribution in [0.2, 0.25) is 5.02 Å². The Morgan fingerprint density at radius 1 is 1.09 bits per heavy atom. The third-order valence-electron chi connectivity index (χ3n) is 4.83. The van der Waals surface area contributed by atoms with E-state index in [1.807, 2.05) is 20.1 Å². The van der Waals surface area contributed by atoms with E-state index in [2.05, 4.69) is 5.32 Å². The van der Waals surface area contributed by atoms with Crippen LogP contribution in [0.25, 0.3) is 0 Å². The minimum Gasteiger partial charge on any atom is -0.492 e. The molecule has 0 radical (unpaired) electrons. The van der Waals surface area contributed by atoms with E-state index in [9.17, 15) is 13.2 Å². The highest BCUT2D eigenvalue weighted by Gasteiger charge is 2.29. The molecule has 0 saturated carbocycles. The Morgan fingerprint density at radius 2 is 1.79 bits per heavy atom. The van der Waals surface area contributed by atoms with E-state index in [-0.39, 0.29) is 10.6 Å². The first-order valence-corrected chi connectivity index (χ1v) is 13.2. The number of hydrogen-bond donors (Lipinski definition) is 1. The maximum atomic E-state index is 13.7. The predicted molar refractivity (Wildman–Crippen MR) is 135 cm³/mol. The molecule has 174 valence electrons. The summed E-state index contributed by atoms with van der Waals surface area (Å²) >= 11 is 7.51. The second kappa shape index (κ2) is 11.0. The maximum Gasteiger partial charge on any atom is 0.264 e. The zero-order valence-corrected chi connectivity index (χ0v) is 20.9. The van der Waals surface area contributed by atoms with E-state index in [1.54, 1.807) is 66.7 Å². The lowest BCUT2D eigenvalue weighted by Gasteiger charge is -2.26. The fourth-order valence-electron chi connectivity index (χ4n) is 3.20. The molecule has 0 unspecified atom stereocenters. The summed E-state index contributed by atoms with van der Waals surface area (Å²) in [5.41, 5.74) is 1.62. The molecule has 0 fully saturated rings. The van der Waals surface area contributed by atoms with Crippen LogP contribution in [-0.2, 0) is 14.8 Å². The number of aryl methyl sites for hydroxylation is 1. The molecule has 3 aromatic carbocycles. The summed E-state index contributed by atoms with van der Waals surface area (Å²) in [6, 6.07) is 18.4. The molecule has 1 N–H and O–H groups in total. The molecule has 0 spiro atoms. The first-order valence-electron chi connectivity index (χ1n) is 10.2. The standard InChI is InChI=1S/C24H25ClN2O4S2/c1-4-31-23-8-6-5-7-22(23)27(33(29,30)20-12-10-19(32-3)11-13-20)16-24(28)26-21-14-9-18(25)15-17(21)2/h5-15H,4,16H2,1-3H3,(H,26,28). The van der Waals surface area contributed by atoms with Crippen molar-refractivity contribution in [3.8, 4) is 5.75 Å². The largest absolute Gasteiger partial charge is 0.492 e. The fraction of sp³-hybridized carbons (Fsp3) is 0.208. The first kappa shape index (κ1) is 25.0. The second-order valence-electron chi connectivity index (χ2n) is 7.10. The third-order valence-corrected chi connectivity index (χ3v) is 7.58. The van der Waals surface area contributed by atoms with Crippen LogP contribution in [0.5, 0.6) is 5.75 Å². The molecule has 3 aromatic rings. The summed E-state index contributed by atoms with van der Waals surface area (Å²) in [5.74, 6) is -0.115. The van der Waals surface area contributed by atoms with E-state index < -0.39 is 22.5 Å². The highest BCUT2D eigenvalue weighted by molar-refractivity contribution is 7.98. The summed E-state index contributed by atoms with van der Waals surface area (Å²) in [6.07, 6.45) is 1.91. The Kier molecular flexibility index (Phi) is 8.29. The number of halogens is 1. The molecule has 6 nitrogen and oxygen atoms in total. The Bertz CT molecular complexity index is 1230. The number of nitrogens with one attached hydrogen (secondary N) is 1. The maximum absolute atomic E-state index is 13.7. The van der Waals surface area contributed by atoms with Crippen molar-refractivity contribution < 1.29 is 17.9 Å². The summed E-state index contributed by atoms with van der Waals surface area (Å²) < 4.78 is 34.0. The molecule has 1 amide bonds. The average molecular weight is 505 g/mol. The summed E-state index contributed by atoms with van der Waals surface area (Å²) in [4.78, 5) is 14.0. The van der Waals surface area contributed by atoms with Gasteiger partial charge in [0.1, 0.15) is 12.3 Å². The van der Waals surface area contributed by atoms with Crippen molar-refractivity contribution in [1.82, 2.24) is 0 Å². The minimum absolute atomic E-state index is 0.0853. The number of carbonyl (C=O) groups is 1. The van der Waals surface area contributed by atoms with Crippen LogP contribution in [0.1, 0.15) is 12.5 Å². The molecule has 33 heavy (non-hydrogen) atoms. The van der Waals surface area contributed by atoms with Gasteiger partial charge in [-0.2, -0.15) is 0 Å². The highest BCUT2D eigenvalue weighted by Crippen LogP contribution is 2.33. The van der Waals surface area contributed by atoms with Crippen molar-refractivity contribution in [3.05, 3.63) is 77.3 Å². The molecule has 0 bridgehead atoms. The number of ether oxygens (including phenoxy) is 1. The van der Waals surface area contributed by atoms with Crippen molar-refractivity contribution in [2.45, 2.75) is 23.6 Å². The average Bonchev–Trinajstić information content (AvgIpc) is 2.80. The monoisotopic (exact) mass is 504 g/mol. The molecular formula is C24H25ClN2O4S2. The molecule has 0 heterocycles. The van der Waals surface area contributed by atoms with Crippen molar-refractivity contribution in [2.24, 2.45) is 0 Å². The van der Waals surface area contributed by atoms with Crippen LogP contribution in [0.15, 0.2) is 76.5 Å². The number of hydrogen-bond acceptors (Lipinski definition) is 5. The van der Waals surface area contributed by atoms with Gasteiger partial charge >= 0.3 is 0 Å². The Balaban J connectivity index is 2.00. The second-order valence-corrected chi connectivity index (χ2v) is 10.3. The lowest BCUT2D eigenvalue weighted by atomic mass is 10.2. The van der Waals surface area contributed by atoms with Crippen LogP contribution in [0, 0.1) is 6.92 Å². The van der Waals surface area contributed by atoms with Gasteiger partial charge in [0.15, 0.2) is 0 Å². The molecule has 3 rings (SSSR count). The van der Waals surface area contributed by atoms with Crippen LogP contribution < -0.4 is 14.4 Å². The highest BCUT2D eigenvalue weighted by atomic mass is 35.5. The van der Waals surface area contributed by atoms with Gasteiger partial charge in [-0.3, -0.25) is 9.10 Å². The smallest absolute Gasteiger partial charge is 0.264 e. The third kappa shape index (κ3) is 6.01. The van der Waals surface area contributed by atoms with Gasteiger partial charge in [0, 0.05) is 15.6 Å². The molecular weight excluding hydrogens is 480 g/mol. The zero-order chi connectivity index (χ0) is 24.0. The van der Waals surface area contributed by atoms with Crippen LogP contribution in [0.3, 0.4) is 0 Å². The number of amides is 1. The quantitative estimate of drug-likeness (QED) is 0.384. The normalized spacial score (nSPS) is 11.2. The molecule has 0 aliphatic rings. The Labute approximate surface area is 204 Å². The minimum atomic E-state index is -4.06. The Hall–Kier alpha value is -2.68. The summed E-state index contributed by atoms with van der Waals surface area (Å²) in [6.45, 7) is 3.54. The van der Waals surface area contributed by atoms with E-state index >= 15 is 0 Å². The molecule has 0 atom stereocenters. The van der Waals surface area contributed by atoms with Crippen molar-refractivity contribution in [1.29, 1.82) is 0 Å². The van der Waals surface area contributed by atoms with Gasteiger partial charge in [-0.05, 0) is 80.3 Å². The topological polar surface area (TPSA) is 75.7 Å². The number of benzene rings is 3. The van der Waals surface area contributed by atoms with Crippen molar-refractivity contribution in [3.63, 3.8) is 0 Å². The van der Waals surface area contributed by atoms with Crippen LogP contribution >= 0.6 is 23.4 Å². The van der Waals surface area contributed by atoms with Gasteiger partial charge < -0.3 is 10.1 Å². The Morgan fingerprint density at radius 3 is 2.42 bits per heavy atom. The lowest BCUT2D eigenvalue weighted by Crippen LogP contribution is -2.38. The number of sulfonamides is 1. The van der Waals surface area contributed by atoms with Crippen LogP contribution in [-0.4, -0.2) is 33.7 Å². The molecule has 0 saturated heterocycles. The number of thioether (sulfide) groups is 1. The number of para-hydroxylation sites is 2. The zero-order valence-electron chi connectivity index (χ0n) is 18.5. The van der Waals surface area contributed by atoms with Gasteiger partial charge in [0.25, 0.3) is 10.0 Å². The van der Waals surface area contributed by atoms with E-state index in [4.69, 9.17) is 16.3 Å². The number of carbonyl (C=O) groups excluding carboxylic acids is 1. The van der Waals surface area contributed by atoms with Gasteiger partial charge in [0.2, 0.25) is 5.91 Å². The molecule has 9 heteroatoms. The van der Waals surface area contributed by atoms with Gasteiger partial charge in [-0.1, -0.05) is 23.7 Å². The summed E-state index contributed by atoms with van der Waals surface area (Å²) in [5, 5.41) is 3.33. The first-order chi connectivity index (χ1) is 15.8. The van der Waals surface area contributed by atoms with Crippen LogP contribution in [0.4, 0.5) is 11.4 Å². The lowest BCUT2D eigenvalue weighted by molar-refractivity contribution is -0.114. The van der Waals surface area contributed by atoms with E-state index in [0.29, 0.717) is 23.1 Å². The number of anilines is 2. The molecule has 0 aliphatic carbocycles. The van der Waals surface area contributed by atoms with Crippen molar-refractivity contribution >= 4 is 50.7 Å². The van der Waals surface area contributed by atoms with Gasteiger partial charge in [-0.15, -0.1) is 11.8 Å². The van der Waals surface area contributed by atoms with Crippen molar-refractivity contribution in [2.75, 3.05) is 29.0 Å². The summed E-state index contributed by atoms with van der Waals surface area (Å²) in [7, 11) is -4.06. The van der Waals surface area contributed by atoms with Gasteiger partial charge in [0.05, 0.1) is 17.2 Å². The molecule has 0 aromatic heterocycles. The number of nitrogens with zero attached hydrogens (tertiary/aromatic N) is 1. The van der Waals surface area contributed by atoms with Gasteiger partial charge in [-0.25, -0.2) is 8.42 Å². The van der Waals surface area contributed by atoms with E-state index in [1.165, 1.54) is 11.8 Å². The SMILES string of the molecule is CCOc1ccccc1N(CC(=O)Nc1ccc(Cl)cc1C)S(=O)(=O)c1ccc(SC)cc1. The fourth-order valence-corrected chi connectivity index (χ4v) is 5.27. The predicted octanol–water partition coefficient (Wildman–Crippen LogP) is 5.60. The molecule has 0 aliphatic heterocycles.